The van der Waals surface area contributed by atoms with Crippen molar-refractivity contribution in [1.82, 2.24) is 9.80 Å². The number of hydrogen-bond donors (Lipinski definition) is 0. The monoisotopic (exact) mass is 484 g/mol. The van der Waals surface area contributed by atoms with Gasteiger partial charge in [0.25, 0.3) is 0 Å². The molecule has 4 rings (SSSR count). The van der Waals surface area contributed by atoms with Crippen molar-refractivity contribution in [3.8, 4) is 5.75 Å². The van der Waals surface area contributed by atoms with Gasteiger partial charge in [-0.1, -0.05) is 78.9 Å². The molecule has 1 aliphatic rings. The molecule has 3 aromatic rings. The number of hydrogen-bond acceptors (Lipinski definition) is 5. The lowest BCUT2D eigenvalue weighted by Gasteiger charge is -2.43. The number of amides is 1. The molecule has 0 bridgehead atoms. The van der Waals surface area contributed by atoms with E-state index in [1.165, 1.54) is 4.90 Å². The number of methoxy groups -OCH3 is 1. The van der Waals surface area contributed by atoms with E-state index in [0.29, 0.717) is 30.0 Å². The van der Waals surface area contributed by atoms with Gasteiger partial charge in [0.15, 0.2) is 11.6 Å². The molecule has 186 valence electrons. The number of rotatable bonds is 8. The Balaban J connectivity index is 1.84. The largest absolute Gasteiger partial charge is 0.496 e. The fourth-order valence-electron chi connectivity index (χ4n) is 5.10. The molecule has 0 radical (unpaired) electrons. The zero-order valence-electron chi connectivity index (χ0n) is 21.0. The lowest BCUT2D eigenvalue weighted by Crippen LogP contribution is -2.52. The number of ketones is 2. The second-order valence-corrected chi connectivity index (χ2v) is 9.42. The Labute approximate surface area is 212 Å². The minimum absolute atomic E-state index is 0.0423. The lowest BCUT2D eigenvalue weighted by molar-refractivity contribution is -0.130. The van der Waals surface area contributed by atoms with Gasteiger partial charge in [0, 0.05) is 56.1 Å². The number of carbonyl (C=O) groups is 3. The summed E-state index contributed by atoms with van der Waals surface area (Å²) >= 11 is 0. The number of carbonyl (C=O) groups excluding carboxylic acids is 3. The highest BCUT2D eigenvalue weighted by Gasteiger charge is 2.46. The zero-order chi connectivity index (χ0) is 25.7. The number of likely N-dealkylation sites (N-methyl/N-ethyl adjacent to an activating group) is 1. The molecule has 2 unspecified atom stereocenters. The highest BCUT2D eigenvalue weighted by atomic mass is 16.5. The van der Waals surface area contributed by atoms with Crippen LogP contribution in [0.4, 0.5) is 0 Å². The van der Waals surface area contributed by atoms with E-state index in [-0.39, 0.29) is 24.0 Å². The molecule has 1 fully saturated rings. The predicted molar refractivity (Wildman–Crippen MR) is 139 cm³/mol. The van der Waals surface area contributed by atoms with Gasteiger partial charge in [0.1, 0.15) is 5.75 Å². The summed E-state index contributed by atoms with van der Waals surface area (Å²) < 4.78 is 5.69. The Kier molecular flexibility index (Phi) is 7.96. The van der Waals surface area contributed by atoms with E-state index in [1.807, 2.05) is 65.6 Å². The van der Waals surface area contributed by atoms with Crippen molar-refractivity contribution >= 4 is 17.5 Å². The molecule has 0 saturated carbocycles. The van der Waals surface area contributed by atoms with Gasteiger partial charge in [-0.25, -0.2) is 0 Å². The first kappa shape index (κ1) is 25.3. The SMILES string of the molecule is COc1ccccc1C1C(C(=O)c2ccccc2)CN(CC(=O)N(C)C)CC1C(=O)c1ccccc1. The number of benzene rings is 3. The number of Topliss-reactive ketones (excluding diaryl/α,β-unsaturated/α-hetero) is 2. The minimum Gasteiger partial charge on any atom is -0.496 e. The van der Waals surface area contributed by atoms with Crippen molar-refractivity contribution in [2.24, 2.45) is 11.8 Å². The highest BCUT2D eigenvalue weighted by Crippen LogP contribution is 2.43. The first-order valence-corrected chi connectivity index (χ1v) is 12.1. The third-order valence-electron chi connectivity index (χ3n) is 6.92. The van der Waals surface area contributed by atoms with Crippen molar-refractivity contribution in [2.75, 3.05) is 40.8 Å². The summed E-state index contributed by atoms with van der Waals surface area (Å²) in [6.45, 7) is 0.881. The van der Waals surface area contributed by atoms with Crippen LogP contribution >= 0.6 is 0 Å². The second-order valence-electron chi connectivity index (χ2n) is 9.42. The van der Waals surface area contributed by atoms with Crippen molar-refractivity contribution in [2.45, 2.75) is 5.92 Å². The van der Waals surface area contributed by atoms with Crippen LogP contribution in [-0.2, 0) is 4.79 Å². The zero-order valence-corrected chi connectivity index (χ0v) is 21.0. The molecule has 1 amide bonds. The van der Waals surface area contributed by atoms with Crippen LogP contribution in [0.2, 0.25) is 0 Å². The van der Waals surface area contributed by atoms with E-state index in [0.717, 1.165) is 5.56 Å². The average Bonchev–Trinajstić information content (AvgIpc) is 2.92. The molecular formula is C30H32N2O4. The first-order valence-electron chi connectivity index (χ1n) is 12.1. The molecule has 3 aromatic carbocycles. The number of para-hydroxylation sites is 1. The van der Waals surface area contributed by atoms with Crippen molar-refractivity contribution < 1.29 is 19.1 Å². The maximum atomic E-state index is 14.0. The third kappa shape index (κ3) is 5.39. The van der Waals surface area contributed by atoms with E-state index in [2.05, 4.69) is 0 Å². The highest BCUT2D eigenvalue weighted by molar-refractivity contribution is 6.02. The summed E-state index contributed by atoms with van der Waals surface area (Å²) in [7, 11) is 5.03. The number of piperidine rings is 1. The summed E-state index contributed by atoms with van der Waals surface area (Å²) in [5.41, 5.74) is 2.02. The molecule has 0 spiro atoms. The normalized spacial score (nSPS) is 19.9. The van der Waals surface area contributed by atoms with Crippen LogP contribution in [0.3, 0.4) is 0 Å². The van der Waals surface area contributed by atoms with E-state index in [4.69, 9.17) is 4.74 Å². The summed E-state index contributed by atoms with van der Waals surface area (Å²) in [6.07, 6.45) is 0. The quantitative estimate of drug-likeness (QED) is 0.449. The fraction of sp³-hybridized carbons (Fsp3) is 0.300. The molecule has 36 heavy (non-hydrogen) atoms. The van der Waals surface area contributed by atoms with Crippen molar-refractivity contribution in [1.29, 1.82) is 0 Å². The molecule has 1 saturated heterocycles. The van der Waals surface area contributed by atoms with Gasteiger partial charge in [0.05, 0.1) is 13.7 Å². The Morgan fingerprint density at radius 2 is 1.25 bits per heavy atom. The number of ether oxygens (including phenoxy) is 1. The maximum absolute atomic E-state index is 14.0. The van der Waals surface area contributed by atoms with Crippen LogP contribution in [0.5, 0.6) is 5.75 Å². The van der Waals surface area contributed by atoms with E-state index in [9.17, 15) is 14.4 Å². The molecular weight excluding hydrogens is 452 g/mol. The molecule has 0 aliphatic carbocycles. The first-order chi connectivity index (χ1) is 17.4. The second kappa shape index (κ2) is 11.3. The standard InChI is InChI=1S/C30H32N2O4/c1-31(2)27(33)20-32-18-24(29(34)21-12-6-4-7-13-21)28(23-16-10-11-17-26(23)36-3)25(19-32)30(35)22-14-8-5-9-15-22/h4-17,24-25,28H,18-20H2,1-3H3. The maximum Gasteiger partial charge on any atom is 0.236 e. The Morgan fingerprint density at radius 3 is 1.72 bits per heavy atom. The van der Waals surface area contributed by atoms with Crippen LogP contribution < -0.4 is 4.74 Å². The Bertz CT molecular complexity index is 1150. The van der Waals surface area contributed by atoms with Crippen LogP contribution in [0.1, 0.15) is 32.2 Å². The molecule has 1 aliphatic heterocycles. The van der Waals surface area contributed by atoms with Crippen LogP contribution in [0.25, 0.3) is 0 Å². The van der Waals surface area contributed by atoms with Gasteiger partial charge < -0.3 is 9.64 Å². The van der Waals surface area contributed by atoms with Crippen LogP contribution in [0, 0.1) is 11.8 Å². The minimum atomic E-state index is -0.537. The molecule has 0 N–H and O–H groups in total. The predicted octanol–water partition coefficient (Wildman–Crippen LogP) is 4.18. The number of nitrogens with zero attached hydrogens (tertiary/aromatic N) is 2. The van der Waals surface area contributed by atoms with E-state index in [1.54, 1.807) is 45.5 Å². The van der Waals surface area contributed by atoms with E-state index < -0.39 is 17.8 Å². The molecule has 2 atom stereocenters. The van der Waals surface area contributed by atoms with Gasteiger partial charge in [-0.15, -0.1) is 0 Å². The van der Waals surface area contributed by atoms with Gasteiger partial charge in [0.2, 0.25) is 5.91 Å². The third-order valence-corrected chi connectivity index (χ3v) is 6.92. The van der Waals surface area contributed by atoms with Crippen LogP contribution in [0.15, 0.2) is 84.9 Å². The molecule has 0 aromatic heterocycles. The molecule has 6 heteroatoms. The molecule has 1 heterocycles. The lowest BCUT2D eigenvalue weighted by atomic mass is 9.68. The van der Waals surface area contributed by atoms with Gasteiger partial charge in [-0.2, -0.15) is 0 Å². The van der Waals surface area contributed by atoms with Gasteiger partial charge in [-0.3, -0.25) is 19.3 Å². The summed E-state index contributed by atoms with van der Waals surface area (Å²) in [6, 6.07) is 25.9. The average molecular weight is 485 g/mol. The molecule has 6 nitrogen and oxygen atoms in total. The summed E-state index contributed by atoms with van der Waals surface area (Å²) in [5.74, 6) is -0.985. The Hall–Kier alpha value is -3.77. The topological polar surface area (TPSA) is 66.9 Å². The summed E-state index contributed by atoms with van der Waals surface area (Å²) in [4.78, 5) is 44.1. The van der Waals surface area contributed by atoms with Crippen LogP contribution in [-0.4, -0.2) is 68.1 Å². The van der Waals surface area contributed by atoms with Gasteiger partial charge in [-0.05, 0) is 11.6 Å². The number of likely N-dealkylation sites (tertiary alicyclic amines) is 1. The van der Waals surface area contributed by atoms with Crippen molar-refractivity contribution in [3.63, 3.8) is 0 Å². The van der Waals surface area contributed by atoms with Crippen molar-refractivity contribution in [3.05, 3.63) is 102 Å². The van der Waals surface area contributed by atoms with E-state index >= 15 is 0 Å². The Morgan fingerprint density at radius 1 is 0.778 bits per heavy atom. The smallest absolute Gasteiger partial charge is 0.236 e. The van der Waals surface area contributed by atoms with Gasteiger partial charge >= 0.3 is 0 Å². The fourth-order valence-corrected chi connectivity index (χ4v) is 5.10. The summed E-state index contributed by atoms with van der Waals surface area (Å²) in [5, 5.41) is 0.